The summed E-state index contributed by atoms with van der Waals surface area (Å²) in [6, 6.07) is 0.150. The molecule has 3 N–H and O–H groups in total. The molecule has 2 unspecified atom stereocenters. The fourth-order valence-electron chi connectivity index (χ4n) is 2.42. The lowest BCUT2D eigenvalue weighted by Crippen LogP contribution is -2.61. The van der Waals surface area contributed by atoms with Gasteiger partial charge in [0.15, 0.2) is 0 Å². The second-order valence-corrected chi connectivity index (χ2v) is 6.29. The molecule has 0 radical (unpaired) electrons. The van der Waals surface area contributed by atoms with Gasteiger partial charge in [-0.05, 0) is 34.2 Å². The third-order valence-corrected chi connectivity index (χ3v) is 4.23. The molecule has 5 heteroatoms. The molecule has 1 aliphatic heterocycles. The number of hydrogen-bond acceptors (Lipinski definition) is 4. The van der Waals surface area contributed by atoms with Crippen LogP contribution in [0.25, 0.3) is 0 Å². The molecule has 0 bridgehead atoms. The number of nitrogens with two attached hydrogens (primary N) is 1. The first-order chi connectivity index (χ1) is 8.80. The van der Waals surface area contributed by atoms with Crippen LogP contribution in [0.2, 0.25) is 0 Å². The Morgan fingerprint density at radius 3 is 2.63 bits per heavy atom. The SMILES string of the molecule is CCC(C)(C)NC(=O)C(C)N1CCN(C)CC1CN. The van der Waals surface area contributed by atoms with Gasteiger partial charge in [0.25, 0.3) is 0 Å². The molecule has 1 amide bonds. The van der Waals surface area contributed by atoms with Crippen molar-refractivity contribution in [2.24, 2.45) is 5.73 Å². The molecule has 0 spiro atoms. The molecule has 0 aromatic heterocycles. The number of rotatable bonds is 5. The van der Waals surface area contributed by atoms with Crippen molar-refractivity contribution in [3.63, 3.8) is 0 Å². The van der Waals surface area contributed by atoms with Crippen LogP contribution in [0.4, 0.5) is 0 Å². The van der Waals surface area contributed by atoms with Crippen molar-refractivity contribution in [3.8, 4) is 0 Å². The fourth-order valence-corrected chi connectivity index (χ4v) is 2.42. The van der Waals surface area contributed by atoms with E-state index in [-0.39, 0.29) is 23.5 Å². The Labute approximate surface area is 117 Å². The summed E-state index contributed by atoms with van der Waals surface area (Å²) in [5.41, 5.74) is 5.70. The van der Waals surface area contributed by atoms with Crippen LogP contribution in [0.15, 0.2) is 0 Å². The average Bonchev–Trinajstić information content (AvgIpc) is 2.37. The highest BCUT2D eigenvalue weighted by molar-refractivity contribution is 5.82. The van der Waals surface area contributed by atoms with Gasteiger partial charge in [-0.15, -0.1) is 0 Å². The number of likely N-dealkylation sites (N-methyl/N-ethyl adjacent to an activating group) is 1. The predicted octanol–water partition coefficient (Wildman–Crippen LogP) is 0.254. The molecule has 112 valence electrons. The van der Waals surface area contributed by atoms with E-state index in [9.17, 15) is 4.79 Å². The molecule has 1 saturated heterocycles. The van der Waals surface area contributed by atoms with Crippen molar-refractivity contribution in [1.29, 1.82) is 0 Å². The summed E-state index contributed by atoms with van der Waals surface area (Å²) in [6.45, 7) is 11.6. The normalized spacial score (nSPS) is 24.2. The van der Waals surface area contributed by atoms with Gasteiger partial charge in [0.05, 0.1) is 6.04 Å². The third-order valence-electron chi connectivity index (χ3n) is 4.23. The van der Waals surface area contributed by atoms with Crippen LogP contribution in [0.1, 0.15) is 34.1 Å². The Balaban J connectivity index is 2.65. The smallest absolute Gasteiger partial charge is 0.237 e. The Bertz CT molecular complexity index is 306. The van der Waals surface area contributed by atoms with Crippen molar-refractivity contribution >= 4 is 5.91 Å². The second-order valence-electron chi connectivity index (χ2n) is 6.29. The average molecular weight is 270 g/mol. The molecular weight excluding hydrogens is 240 g/mol. The summed E-state index contributed by atoms with van der Waals surface area (Å²) in [6.07, 6.45) is 0.925. The summed E-state index contributed by atoms with van der Waals surface area (Å²) in [7, 11) is 2.10. The summed E-state index contributed by atoms with van der Waals surface area (Å²) >= 11 is 0. The highest BCUT2D eigenvalue weighted by Crippen LogP contribution is 2.14. The first-order valence-corrected chi connectivity index (χ1v) is 7.27. The van der Waals surface area contributed by atoms with Gasteiger partial charge in [-0.3, -0.25) is 9.69 Å². The summed E-state index contributed by atoms with van der Waals surface area (Å²) < 4.78 is 0. The molecular formula is C14H30N4O. The summed E-state index contributed by atoms with van der Waals surface area (Å²) in [5.74, 6) is 0.106. The van der Waals surface area contributed by atoms with Gasteiger partial charge in [-0.25, -0.2) is 0 Å². The van der Waals surface area contributed by atoms with Crippen LogP contribution in [-0.4, -0.2) is 66.6 Å². The van der Waals surface area contributed by atoms with E-state index in [1.807, 2.05) is 6.92 Å². The molecule has 0 aromatic carbocycles. The van der Waals surface area contributed by atoms with Gasteiger partial charge in [0.1, 0.15) is 0 Å². The van der Waals surface area contributed by atoms with Gasteiger partial charge in [0.2, 0.25) is 5.91 Å². The number of nitrogens with one attached hydrogen (secondary N) is 1. The van der Waals surface area contributed by atoms with Crippen LogP contribution >= 0.6 is 0 Å². The Morgan fingerprint density at radius 2 is 2.11 bits per heavy atom. The van der Waals surface area contributed by atoms with Crippen molar-refractivity contribution < 1.29 is 4.79 Å². The van der Waals surface area contributed by atoms with E-state index in [4.69, 9.17) is 5.73 Å². The van der Waals surface area contributed by atoms with Crippen molar-refractivity contribution in [2.45, 2.75) is 51.7 Å². The van der Waals surface area contributed by atoms with Crippen LogP contribution in [0.5, 0.6) is 0 Å². The number of amides is 1. The van der Waals surface area contributed by atoms with Crippen LogP contribution < -0.4 is 11.1 Å². The van der Waals surface area contributed by atoms with E-state index in [2.05, 4.69) is 42.9 Å². The van der Waals surface area contributed by atoms with Crippen LogP contribution in [0, 0.1) is 0 Å². The van der Waals surface area contributed by atoms with Gasteiger partial charge < -0.3 is 16.0 Å². The first kappa shape index (κ1) is 16.4. The lowest BCUT2D eigenvalue weighted by Gasteiger charge is -2.42. The molecule has 1 fully saturated rings. The molecule has 19 heavy (non-hydrogen) atoms. The molecule has 1 heterocycles. The minimum absolute atomic E-state index is 0.106. The number of piperazine rings is 1. The fraction of sp³-hybridized carbons (Fsp3) is 0.929. The minimum atomic E-state index is -0.143. The first-order valence-electron chi connectivity index (χ1n) is 7.27. The largest absolute Gasteiger partial charge is 0.350 e. The van der Waals surface area contributed by atoms with Gasteiger partial charge >= 0.3 is 0 Å². The summed E-state index contributed by atoms with van der Waals surface area (Å²) in [5, 5.41) is 3.12. The van der Waals surface area contributed by atoms with E-state index in [0.717, 1.165) is 26.1 Å². The lowest BCUT2D eigenvalue weighted by molar-refractivity contribution is -0.129. The van der Waals surface area contributed by atoms with Crippen LogP contribution in [-0.2, 0) is 4.79 Å². The quantitative estimate of drug-likeness (QED) is 0.752. The zero-order chi connectivity index (χ0) is 14.6. The maximum atomic E-state index is 12.4. The predicted molar refractivity (Wildman–Crippen MR) is 79.0 cm³/mol. The van der Waals surface area contributed by atoms with Crippen molar-refractivity contribution in [3.05, 3.63) is 0 Å². The molecule has 1 aliphatic rings. The number of carbonyl (C=O) groups is 1. The molecule has 5 nitrogen and oxygen atoms in total. The van der Waals surface area contributed by atoms with E-state index < -0.39 is 0 Å². The number of nitrogens with zero attached hydrogens (tertiary/aromatic N) is 2. The topological polar surface area (TPSA) is 61.6 Å². The van der Waals surface area contributed by atoms with Crippen LogP contribution in [0.3, 0.4) is 0 Å². The second kappa shape index (κ2) is 6.68. The Kier molecular flexibility index (Phi) is 5.77. The standard InChI is InChI=1S/C14H30N4O/c1-6-14(3,4)16-13(19)11(2)18-8-7-17(5)10-12(18)9-15/h11-12H,6-10,15H2,1-5H3,(H,16,19). The molecule has 0 aromatic rings. The van der Waals surface area contributed by atoms with E-state index in [1.54, 1.807) is 0 Å². The molecule has 0 saturated carbocycles. The van der Waals surface area contributed by atoms with Gasteiger partial charge in [0, 0.05) is 37.8 Å². The third kappa shape index (κ3) is 4.44. The molecule has 1 rings (SSSR count). The highest BCUT2D eigenvalue weighted by Gasteiger charge is 2.32. The maximum Gasteiger partial charge on any atom is 0.237 e. The zero-order valence-corrected chi connectivity index (χ0v) is 13.1. The van der Waals surface area contributed by atoms with E-state index >= 15 is 0 Å². The van der Waals surface area contributed by atoms with Crippen molar-refractivity contribution in [1.82, 2.24) is 15.1 Å². The van der Waals surface area contributed by atoms with Gasteiger partial charge in [-0.2, -0.15) is 0 Å². The minimum Gasteiger partial charge on any atom is -0.350 e. The Hall–Kier alpha value is -0.650. The highest BCUT2D eigenvalue weighted by atomic mass is 16.2. The maximum absolute atomic E-state index is 12.4. The number of hydrogen-bond donors (Lipinski definition) is 2. The van der Waals surface area contributed by atoms with Gasteiger partial charge in [-0.1, -0.05) is 6.92 Å². The Morgan fingerprint density at radius 1 is 1.47 bits per heavy atom. The lowest BCUT2D eigenvalue weighted by atomic mass is 10.0. The van der Waals surface area contributed by atoms with Crippen molar-refractivity contribution in [2.75, 3.05) is 33.2 Å². The molecule has 2 atom stereocenters. The van der Waals surface area contributed by atoms with E-state index in [0.29, 0.717) is 6.54 Å². The molecule has 0 aliphatic carbocycles. The van der Waals surface area contributed by atoms with E-state index in [1.165, 1.54) is 0 Å². The summed E-state index contributed by atoms with van der Waals surface area (Å²) in [4.78, 5) is 16.9. The zero-order valence-electron chi connectivity index (χ0n) is 13.1. The monoisotopic (exact) mass is 270 g/mol. The number of carbonyl (C=O) groups excluding carboxylic acids is 1.